The van der Waals surface area contributed by atoms with Gasteiger partial charge in [-0.3, -0.25) is 9.69 Å². The number of nitrogens with one attached hydrogen (secondary N) is 1. The van der Waals surface area contributed by atoms with Gasteiger partial charge in [-0.2, -0.15) is 0 Å². The van der Waals surface area contributed by atoms with Gasteiger partial charge in [0.25, 0.3) is 0 Å². The third kappa shape index (κ3) is 4.84. The molecule has 2 aromatic rings. The van der Waals surface area contributed by atoms with Crippen molar-refractivity contribution in [2.45, 2.75) is 6.54 Å². The molecule has 0 saturated heterocycles. The summed E-state index contributed by atoms with van der Waals surface area (Å²) in [4.78, 5) is 14.0. The molecule has 0 spiro atoms. The second kappa shape index (κ2) is 7.59. The standard InChI is InChI=1S/C16H16BrClN2O/c1-20(10-12-6-2-3-7-13(12)17)11-16(21)19-15-9-5-4-8-14(15)18/h2-9H,10-11H2,1H3,(H,19,21). The van der Waals surface area contributed by atoms with Gasteiger partial charge in [0, 0.05) is 11.0 Å². The van der Waals surface area contributed by atoms with Crippen molar-refractivity contribution in [3.05, 3.63) is 63.6 Å². The van der Waals surface area contributed by atoms with E-state index in [2.05, 4.69) is 21.2 Å². The molecule has 5 heteroatoms. The van der Waals surface area contributed by atoms with E-state index in [-0.39, 0.29) is 5.91 Å². The monoisotopic (exact) mass is 366 g/mol. The minimum Gasteiger partial charge on any atom is -0.324 e. The fourth-order valence-corrected chi connectivity index (χ4v) is 2.56. The summed E-state index contributed by atoms with van der Waals surface area (Å²) in [5.41, 5.74) is 1.78. The smallest absolute Gasteiger partial charge is 0.238 e. The number of carbonyl (C=O) groups excluding carboxylic acids is 1. The molecule has 0 saturated carbocycles. The number of amides is 1. The van der Waals surface area contributed by atoms with Crippen LogP contribution in [0.4, 0.5) is 5.69 Å². The highest BCUT2D eigenvalue weighted by Crippen LogP contribution is 2.20. The highest BCUT2D eigenvalue weighted by atomic mass is 79.9. The number of hydrogen-bond acceptors (Lipinski definition) is 2. The molecule has 0 atom stereocenters. The van der Waals surface area contributed by atoms with E-state index < -0.39 is 0 Å². The van der Waals surface area contributed by atoms with Crippen LogP contribution in [0.3, 0.4) is 0 Å². The van der Waals surface area contributed by atoms with Gasteiger partial charge < -0.3 is 5.32 Å². The van der Waals surface area contributed by atoms with Crippen LogP contribution >= 0.6 is 27.5 Å². The topological polar surface area (TPSA) is 32.3 Å². The average Bonchev–Trinajstić information content (AvgIpc) is 2.44. The van der Waals surface area contributed by atoms with Crippen molar-refractivity contribution < 1.29 is 4.79 Å². The van der Waals surface area contributed by atoms with Gasteiger partial charge >= 0.3 is 0 Å². The summed E-state index contributed by atoms with van der Waals surface area (Å²) >= 11 is 9.53. The van der Waals surface area contributed by atoms with Gasteiger partial charge in [-0.15, -0.1) is 0 Å². The lowest BCUT2D eigenvalue weighted by molar-refractivity contribution is -0.117. The quantitative estimate of drug-likeness (QED) is 0.860. The number of likely N-dealkylation sites (N-methyl/N-ethyl adjacent to an activating group) is 1. The summed E-state index contributed by atoms with van der Waals surface area (Å²) in [5.74, 6) is -0.0855. The second-order valence-corrected chi connectivity index (χ2v) is 6.05. The van der Waals surface area contributed by atoms with Crippen LogP contribution in [0.2, 0.25) is 5.02 Å². The summed E-state index contributed by atoms with van der Waals surface area (Å²) in [6.07, 6.45) is 0. The normalized spacial score (nSPS) is 10.7. The molecular weight excluding hydrogens is 352 g/mol. The van der Waals surface area contributed by atoms with Crippen LogP contribution in [0, 0.1) is 0 Å². The van der Waals surface area contributed by atoms with Crippen LogP contribution in [-0.2, 0) is 11.3 Å². The molecule has 21 heavy (non-hydrogen) atoms. The molecule has 0 aliphatic rings. The van der Waals surface area contributed by atoms with Crippen LogP contribution in [0.25, 0.3) is 0 Å². The van der Waals surface area contributed by atoms with Gasteiger partial charge in [-0.05, 0) is 30.8 Å². The molecule has 3 nitrogen and oxygen atoms in total. The van der Waals surface area contributed by atoms with E-state index >= 15 is 0 Å². The van der Waals surface area contributed by atoms with Crippen LogP contribution < -0.4 is 5.32 Å². The SMILES string of the molecule is CN(CC(=O)Nc1ccccc1Cl)Cc1ccccc1Br. The summed E-state index contributed by atoms with van der Waals surface area (Å²) in [5, 5.41) is 3.36. The van der Waals surface area contributed by atoms with E-state index in [9.17, 15) is 4.79 Å². The lowest BCUT2D eigenvalue weighted by Gasteiger charge is -2.17. The molecule has 2 aromatic carbocycles. The van der Waals surface area contributed by atoms with Crippen molar-refractivity contribution in [3.63, 3.8) is 0 Å². The Labute approximate surface area is 138 Å². The Balaban J connectivity index is 1.91. The fourth-order valence-electron chi connectivity index (χ4n) is 1.97. The first-order valence-electron chi connectivity index (χ1n) is 6.52. The first-order valence-corrected chi connectivity index (χ1v) is 7.69. The van der Waals surface area contributed by atoms with E-state index in [1.807, 2.05) is 48.3 Å². The van der Waals surface area contributed by atoms with Crippen molar-refractivity contribution >= 4 is 39.1 Å². The molecule has 2 rings (SSSR count). The number of halogens is 2. The summed E-state index contributed by atoms with van der Waals surface area (Å²) in [6.45, 7) is 0.990. The maximum absolute atomic E-state index is 12.0. The zero-order chi connectivity index (χ0) is 15.2. The Morgan fingerprint density at radius 2 is 1.86 bits per heavy atom. The highest BCUT2D eigenvalue weighted by molar-refractivity contribution is 9.10. The Bertz CT molecular complexity index is 633. The van der Waals surface area contributed by atoms with Gasteiger partial charge in [0.15, 0.2) is 0 Å². The molecule has 110 valence electrons. The third-order valence-corrected chi connectivity index (χ3v) is 4.06. The number of benzene rings is 2. The van der Waals surface area contributed by atoms with Gasteiger partial charge in [0.2, 0.25) is 5.91 Å². The lowest BCUT2D eigenvalue weighted by atomic mass is 10.2. The lowest BCUT2D eigenvalue weighted by Crippen LogP contribution is -2.30. The second-order valence-electron chi connectivity index (χ2n) is 4.79. The van der Waals surface area contributed by atoms with E-state index in [0.29, 0.717) is 23.8 Å². The zero-order valence-electron chi connectivity index (χ0n) is 11.6. The van der Waals surface area contributed by atoms with E-state index in [1.54, 1.807) is 12.1 Å². The number of hydrogen-bond donors (Lipinski definition) is 1. The molecule has 0 unspecified atom stereocenters. The van der Waals surface area contributed by atoms with Crippen molar-refractivity contribution in [3.8, 4) is 0 Å². The Kier molecular flexibility index (Phi) is 5.79. The summed E-state index contributed by atoms with van der Waals surface area (Å²) in [7, 11) is 1.91. The molecule has 1 amide bonds. The van der Waals surface area contributed by atoms with E-state index in [1.165, 1.54) is 0 Å². The number of carbonyl (C=O) groups is 1. The first-order chi connectivity index (χ1) is 10.1. The minimum atomic E-state index is -0.0855. The zero-order valence-corrected chi connectivity index (χ0v) is 14.0. The maximum Gasteiger partial charge on any atom is 0.238 e. The van der Waals surface area contributed by atoms with E-state index in [4.69, 9.17) is 11.6 Å². The van der Waals surface area contributed by atoms with Gasteiger partial charge in [-0.1, -0.05) is 57.9 Å². The minimum absolute atomic E-state index is 0.0855. The van der Waals surface area contributed by atoms with Gasteiger partial charge in [0.05, 0.1) is 17.3 Å². The van der Waals surface area contributed by atoms with Crippen molar-refractivity contribution in [2.24, 2.45) is 0 Å². The molecule has 0 aliphatic carbocycles. The number of para-hydroxylation sites is 1. The van der Waals surface area contributed by atoms with Crippen LogP contribution in [0.5, 0.6) is 0 Å². The number of rotatable bonds is 5. The first kappa shape index (κ1) is 16.0. The average molecular weight is 368 g/mol. The van der Waals surface area contributed by atoms with Crippen LogP contribution in [-0.4, -0.2) is 24.4 Å². The number of anilines is 1. The Hall–Kier alpha value is -1.36. The van der Waals surface area contributed by atoms with Crippen LogP contribution in [0.1, 0.15) is 5.56 Å². The third-order valence-electron chi connectivity index (χ3n) is 2.96. The molecule has 1 N–H and O–H groups in total. The van der Waals surface area contributed by atoms with Gasteiger partial charge in [0.1, 0.15) is 0 Å². The maximum atomic E-state index is 12.0. The predicted octanol–water partition coefficient (Wildman–Crippen LogP) is 4.17. The summed E-state index contributed by atoms with van der Waals surface area (Å²) in [6, 6.07) is 15.2. The van der Waals surface area contributed by atoms with E-state index in [0.717, 1.165) is 10.0 Å². The Morgan fingerprint density at radius 3 is 2.57 bits per heavy atom. The van der Waals surface area contributed by atoms with Crippen molar-refractivity contribution in [1.82, 2.24) is 4.90 Å². The Morgan fingerprint density at radius 1 is 1.19 bits per heavy atom. The fraction of sp³-hybridized carbons (Fsp3) is 0.188. The van der Waals surface area contributed by atoms with Crippen molar-refractivity contribution in [2.75, 3.05) is 18.9 Å². The molecule has 0 aliphatic heterocycles. The van der Waals surface area contributed by atoms with Crippen molar-refractivity contribution in [1.29, 1.82) is 0 Å². The summed E-state index contributed by atoms with van der Waals surface area (Å²) < 4.78 is 1.04. The molecule has 0 radical (unpaired) electrons. The number of nitrogens with zero attached hydrogens (tertiary/aromatic N) is 1. The molecular formula is C16H16BrClN2O. The molecule has 0 heterocycles. The largest absolute Gasteiger partial charge is 0.324 e. The predicted molar refractivity (Wildman–Crippen MR) is 90.6 cm³/mol. The van der Waals surface area contributed by atoms with Gasteiger partial charge in [-0.25, -0.2) is 0 Å². The van der Waals surface area contributed by atoms with Crippen LogP contribution in [0.15, 0.2) is 53.0 Å². The molecule has 0 bridgehead atoms. The molecule has 0 aromatic heterocycles. The molecule has 0 fully saturated rings. The highest BCUT2D eigenvalue weighted by Gasteiger charge is 2.10.